The fourth-order valence-electron chi connectivity index (χ4n) is 1.26. The maximum Gasteiger partial charge on any atom is 0.312 e. The molecule has 16 heavy (non-hydrogen) atoms. The number of anilines is 1. The molecule has 84 valence electrons. The average molecular weight is 235 g/mol. The Labute approximate surface area is 98.2 Å². The van der Waals surface area contributed by atoms with E-state index in [9.17, 15) is 0 Å². The monoisotopic (exact) mass is 235 g/mol. The third-order valence-electron chi connectivity index (χ3n) is 2.09. The van der Waals surface area contributed by atoms with Crippen LogP contribution in [0.2, 0.25) is 0 Å². The average Bonchev–Trinajstić information content (AvgIpc) is 2.67. The van der Waals surface area contributed by atoms with Gasteiger partial charge in [-0.05, 0) is 19.1 Å². The predicted octanol–water partition coefficient (Wildman–Crippen LogP) is 2.30. The van der Waals surface area contributed by atoms with Gasteiger partial charge in [-0.25, -0.2) is 0 Å². The van der Waals surface area contributed by atoms with Crippen LogP contribution in [0.4, 0.5) is 6.01 Å². The first-order valence-corrected chi connectivity index (χ1v) is 6.00. The van der Waals surface area contributed by atoms with Crippen molar-refractivity contribution in [2.75, 3.05) is 11.5 Å². The normalized spacial score (nSPS) is 10.6. The smallest absolute Gasteiger partial charge is 0.312 e. The zero-order valence-electron chi connectivity index (χ0n) is 9.01. The molecule has 2 N–H and O–H groups in total. The summed E-state index contributed by atoms with van der Waals surface area (Å²) in [5.41, 5.74) is 6.60. The van der Waals surface area contributed by atoms with E-state index in [2.05, 4.69) is 41.4 Å². The first-order valence-electron chi connectivity index (χ1n) is 5.01. The lowest BCUT2D eigenvalue weighted by Gasteiger charge is -1.99. The van der Waals surface area contributed by atoms with Crippen molar-refractivity contribution in [3.8, 4) is 0 Å². The highest BCUT2D eigenvalue weighted by Gasteiger charge is 2.02. The molecule has 1 heterocycles. The molecule has 5 heteroatoms. The fraction of sp³-hybridized carbons (Fsp3) is 0.273. The van der Waals surface area contributed by atoms with Crippen LogP contribution in [-0.2, 0) is 6.42 Å². The Hall–Kier alpha value is -1.49. The van der Waals surface area contributed by atoms with Crippen LogP contribution in [0.15, 0.2) is 33.6 Å². The van der Waals surface area contributed by atoms with Gasteiger partial charge in [0.15, 0.2) is 0 Å². The molecule has 0 unspecified atom stereocenters. The maximum absolute atomic E-state index is 5.33. The third-order valence-corrected chi connectivity index (χ3v) is 3.10. The van der Waals surface area contributed by atoms with E-state index in [1.165, 1.54) is 10.5 Å². The highest BCUT2D eigenvalue weighted by Crippen LogP contribution is 2.19. The molecule has 0 saturated carbocycles. The van der Waals surface area contributed by atoms with Gasteiger partial charge in [-0.15, -0.1) is 16.9 Å². The van der Waals surface area contributed by atoms with Gasteiger partial charge in [0, 0.05) is 17.1 Å². The standard InChI is InChI=1S/C11H13N3OS/c1-8-2-4-9(5-3-8)16-7-6-10-13-14-11(12)15-10/h2-5H,6-7H2,1H3,(H2,12,14). The molecule has 0 bridgehead atoms. The van der Waals surface area contributed by atoms with E-state index in [1.807, 2.05) is 0 Å². The molecule has 0 amide bonds. The lowest BCUT2D eigenvalue weighted by atomic mass is 10.2. The molecule has 2 rings (SSSR count). The van der Waals surface area contributed by atoms with Crippen molar-refractivity contribution < 1.29 is 4.42 Å². The number of nitrogen functional groups attached to an aromatic ring is 1. The van der Waals surface area contributed by atoms with E-state index in [-0.39, 0.29) is 6.01 Å². The summed E-state index contributed by atoms with van der Waals surface area (Å²) in [7, 11) is 0. The molecule has 0 aliphatic carbocycles. The van der Waals surface area contributed by atoms with Crippen LogP contribution in [0.25, 0.3) is 0 Å². The molecule has 1 aromatic heterocycles. The predicted molar refractivity (Wildman–Crippen MR) is 64.3 cm³/mol. The Morgan fingerprint density at radius 1 is 1.25 bits per heavy atom. The fourth-order valence-corrected chi connectivity index (χ4v) is 2.10. The van der Waals surface area contributed by atoms with Crippen molar-refractivity contribution >= 4 is 17.8 Å². The van der Waals surface area contributed by atoms with E-state index in [4.69, 9.17) is 10.2 Å². The minimum atomic E-state index is 0.135. The number of hydrogen-bond acceptors (Lipinski definition) is 5. The van der Waals surface area contributed by atoms with Crippen LogP contribution in [0.3, 0.4) is 0 Å². The van der Waals surface area contributed by atoms with Crippen molar-refractivity contribution in [3.05, 3.63) is 35.7 Å². The van der Waals surface area contributed by atoms with Crippen LogP contribution in [-0.4, -0.2) is 16.0 Å². The summed E-state index contributed by atoms with van der Waals surface area (Å²) in [6, 6.07) is 8.57. The molecule has 0 atom stereocenters. The van der Waals surface area contributed by atoms with Gasteiger partial charge in [0.1, 0.15) is 0 Å². The largest absolute Gasteiger partial charge is 0.408 e. The summed E-state index contributed by atoms with van der Waals surface area (Å²) >= 11 is 1.76. The lowest BCUT2D eigenvalue weighted by molar-refractivity contribution is 0.518. The zero-order valence-corrected chi connectivity index (χ0v) is 9.83. The van der Waals surface area contributed by atoms with Gasteiger partial charge in [-0.1, -0.05) is 22.8 Å². The highest BCUT2D eigenvalue weighted by atomic mass is 32.2. The SMILES string of the molecule is Cc1ccc(SCCc2nnc(N)o2)cc1. The van der Waals surface area contributed by atoms with E-state index in [1.54, 1.807) is 11.8 Å². The van der Waals surface area contributed by atoms with Gasteiger partial charge in [0.05, 0.1) is 0 Å². The first-order chi connectivity index (χ1) is 7.74. The molecule has 2 aromatic rings. The maximum atomic E-state index is 5.33. The zero-order chi connectivity index (χ0) is 11.4. The quantitative estimate of drug-likeness (QED) is 0.824. The Morgan fingerprint density at radius 2 is 2.00 bits per heavy atom. The minimum absolute atomic E-state index is 0.135. The summed E-state index contributed by atoms with van der Waals surface area (Å²) in [6.07, 6.45) is 0.739. The second-order valence-electron chi connectivity index (χ2n) is 3.45. The summed E-state index contributed by atoms with van der Waals surface area (Å²) in [4.78, 5) is 1.25. The van der Waals surface area contributed by atoms with Crippen molar-refractivity contribution in [2.45, 2.75) is 18.2 Å². The molecule has 0 saturated heterocycles. The molecule has 4 nitrogen and oxygen atoms in total. The van der Waals surface area contributed by atoms with Gasteiger partial charge in [-0.2, -0.15) is 0 Å². The number of aromatic nitrogens is 2. The Kier molecular flexibility index (Phi) is 3.46. The Balaban J connectivity index is 1.82. The second kappa shape index (κ2) is 5.03. The Bertz CT molecular complexity index is 453. The summed E-state index contributed by atoms with van der Waals surface area (Å²) in [6.45, 7) is 2.08. The lowest BCUT2D eigenvalue weighted by Crippen LogP contribution is -1.88. The molecular formula is C11H13N3OS. The second-order valence-corrected chi connectivity index (χ2v) is 4.61. The van der Waals surface area contributed by atoms with Crippen LogP contribution in [0.5, 0.6) is 0 Å². The van der Waals surface area contributed by atoms with Gasteiger partial charge >= 0.3 is 6.01 Å². The van der Waals surface area contributed by atoms with Crippen LogP contribution in [0.1, 0.15) is 11.5 Å². The van der Waals surface area contributed by atoms with E-state index in [0.29, 0.717) is 5.89 Å². The van der Waals surface area contributed by atoms with Crippen molar-refractivity contribution in [3.63, 3.8) is 0 Å². The van der Waals surface area contributed by atoms with Crippen molar-refractivity contribution in [1.29, 1.82) is 0 Å². The topological polar surface area (TPSA) is 64.9 Å². The van der Waals surface area contributed by atoms with Crippen LogP contribution in [0, 0.1) is 6.92 Å². The number of nitrogens with zero attached hydrogens (tertiary/aromatic N) is 2. The first kappa shape index (κ1) is 11.0. The molecule has 1 aromatic carbocycles. The van der Waals surface area contributed by atoms with Crippen LogP contribution < -0.4 is 5.73 Å². The van der Waals surface area contributed by atoms with Crippen LogP contribution >= 0.6 is 11.8 Å². The molecule has 0 aliphatic heterocycles. The summed E-state index contributed by atoms with van der Waals surface area (Å²) in [5.74, 6) is 1.50. The van der Waals surface area contributed by atoms with Crippen molar-refractivity contribution in [1.82, 2.24) is 10.2 Å². The number of benzene rings is 1. The number of hydrogen-bond donors (Lipinski definition) is 1. The number of thioether (sulfide) groups is 1. The summed E-state index contributed by atoms with van der Waals surface area (Å²) < 4.78 is 5.08. The van der Waals surface area contributed by atoms with Gasteiger partial charge in [-0.3, -0.25) is 0 Å². The van der Waals surface area contributed by atoms with E-state index < -0.39 is 0 Å². The van der Waals surface area contributed by atoms with E-state index in [0.717, 1.165) is 12.2 Å². The van der Waals surface area contributed by atoms with Gasteiger partial charge in [0.2, 0.25) is 5.89 Å². The minimum Gasteiger partial charge on any atom is -0.408 e. The number of aryl methyl sites for hydroxylation is 2. The Morgan fingerprint density at radius 3 is 2.62 bits per heavy atom. The molecule has 0 spiro atoms. The molecular weight excluding hydrogens is 222 g/mol. The third kappa shape index (κ3) is 3.00. The molecule has 0 aliphatic rings. The molecule has 0 fully saturated rings. The number of rotatable bonds is 4. The summed E-state index contributed by atoms with van der Waals surface area (Å²) in [5, 5.41) is 7.41. The highest BCUT2D eigenvalue weighted by molar-refractivity contribution is 7.99. The van der Waals surface area contributed by atoms with Gasteiger partial charge < -0.3 is 10.2 Å². The number of nitrogens with two attached hydrogens (primary N) is 1. The van der Waals surface area contributed by atoms with Crippen molar-refractivity contribution in [2.24, 2.45) is 0 Å². The van der Waals surface area contributed by atoms with E-state index >= 15 is 0 Å². The molecule has 0 radical (unpaired) electrons. The van der Waals surface area contributed by atoms with Gasteiger partial charge in [0.25, 0.3) is 0 Å².